The topological polar surface area (TPSA) is 62.5 Å². The molecule has 1 amide bonds. The van der Waals surface area contributed by atoms with Crippen LogP contribution in [0.4, 0.5) is 0 Å². The van der Waals surface area contributed by atoms with E-state index in [4.69, 9.17) is 4.63 Å². The summed E-state index contributed by atoms with van der Waals surface area (Å²) in [5, 5.41) is 7.70. The molecule has 3 rings (SSSR count). The zero-order chi connectivity index (χ0) is 15.7. The first-order valence-corrected chi connectivity index (χ1v) is 9.19. The second kappa shape index (κ2) is 6.77. The van der Waals surface area contributed by atoms with E-state index in [2.05, 4.69) is 47.1 Å². The van der Waals surface area contributed by atoms with E-state index in [0.717, 1.165) is 50.7 Å². The highest BCUT2D eigenvalue weighted by atomic mass is 79.9. The summed E-state index contributed by atoms with van der Waals surface area (Å²) in [5.74, 6) is 0.0929. The normalized spacial score (nSPS) is 16.2. The highest BCUT2D eigenvalue weighted by Crippen LogP contribution is 2.33. The van der Waals surface area contributed by atoms with Gasteiger partial charge in [-0.1, -0.05) is 10.3 Å². The molecule has 1 saturated heterocycles. The van der Waals surface area contributed by atoms with Gasteiger partial charge in [0.25, 0.3) is 5.91 Å². The van der Waals surface area contributed by atoms with Crippen LogP contribution in [-0.2, 0) is 6.54 Å². The Bertz CT molecular complexity index is 660. The fraction of sp³-hybridized carbons (Fsp3) is 0.462. The maximum Gasteiger partial charge on any atom is 0.264 e. The Morgan fingerprint density at radius 2 is 2.05 bits per heavy atom. The summed E-state index contributed by atoms with van der Waals surface area (Å²) in [6, 6.07) is 1.87. The van der Waals surface area contributed by atoms with Gasteiger partial charge in [-0.05, 0) is 44.8 Å². The van der Waals surface area contributed by atoms with Gasteiger partial charge in [0.05, 0.1) is 8.66 Å². The van der Waals surface area contributed by atoms with Gasteiger partial charge in [0.15, 0.2) is 0 Å². The summed E-state index contributed by atoms with van der Waals surface area (Å²) >= 11 is 8.31. The van der Waals surface area contributed by atoms with E-state index in [-0.39, 0.29) is 5.91 Å². The van der Waals surface area contributed by atoms with Crippen molar-refractivity contribution >= 4 is 49.1 Å². The molecule has 3 heterocycles. The van der Waals surface area contributed by atoms with Gasteiger partial charge in [-0.15, -0.1) is 11.3 Å². The summed E-state index contributed by atoms with van der Waals surface area (Å²) in [6.07, 6.45) is 0. The van der Waals surface area contributed by atoms with Gasteiger partial charge in [-0.25, -0.2) is 4.63 Å². The standard InChI is InChI=1S/C13H14Br2N4O2S/c1-8-10(17-21-16-8)7-18-2-4-19(5-3-18)13(20)11-6-9(14)12(15)22-11/h6H,2-5,7H2,1H3. The number of aromatic nitrogens is 2. The molecule has 0 aromatic carbocycles. The van der Waals surface area contributed by atoms with Gasteiger partial charge in [0.2, 0.25) is 0 Å². The second-order valence-electron chi connectivity index (χ2n) is 5.10. The zero-order valence-electron chi connectivity index (χ0n) is 11.9. The van der Waals surface area contributed by atoms with Crippen molar-refractivity contribution in [1.29, 1.82) is 0 Å². The number of piperazine rings is 1. The lowest BCUT2D eigenvalue weighted by atomic mass is 10.2. The monoisotopic (exact) mass is 448 g/mol. The quantitative estimate of drug-likeness (QED) is 0.720. The molecule has 0 aliphatic carbocycles. The zero-order valence-corrected chi connectivity index (χ0v) is 15.9. The summed E-state index contributed by atoms with van der Waals surface area (Å²) in [6.45, 7) is 5.69. The Kier molecular flexibility index (Phi) is 4.96. The molecule has 1 aliphatic heterocycles. The molecule has 6 nitrogen and oxygen atoms in total. The third-order valence-electron chi connectivity index (χ3n) is 3.64. The summed E-state index contributed by atoms with van der Waals surface area (Å²) in [7, 11) is 0. The van der Waals surface area contributed by atoms with E-state index in [1.165, 1.54) is 11.3 Å². The summed E-state index contributed by atoms with van der Waals surface area (Å²) in [4.78, 5) is 17.4. The molecule has 2 aromatic rings. The lowest BCUT2D eigenvalue weighted by molar-refractivity contribution is 0.0630. The highest BCUT2D eigenvalue weighted by molar-refractivity contribution is 9.13. The van der Waals surface area contributed by atoms with Crippen LogP contribution in [0, 0.1) is 6.92 Å². The van der Waals surface area contributed by atoms with Gasteiger partial charge < -0.3 is 4.90 Å². The van der Waals surface area contributed by atoms with Crippen molar-refractivity contribution < 1.29 is 9.42 Å². The molecule has 0 N–H and O–H groups in total. The average molecular weight is 450 g/mol. The molecular weight excluding hydrogens is 436 g/mol. The Hall–Kier alpha value is -0.770. The first-order valence-electron chi connectivity index (χ1n) is 6.79. The predicted octanol–water partition coefficient (Wildman–Crippen LogP) is 2.92. The molecule has 0 bridgehead atoms. The van der Waals surface area contributed by atoms with Gasteiger partial charge in [-0.3, -0.25) is 9.69 Å². The molecule has 0 saturated carbocycles. The van der Waals surface area contributed by atoms with Gasteiger partial charge in [0.1, 0.15) is 11.4 Å². The van der Waals surface area contributed by atoms with E-state index in [1.54, 1.807) is 0 Å². The molecule has 22 heavy (non-hydrogen) atoms. The number of aryl methyl sites for hydroxylation is 1. The van der Waals surface area contributed by atoms with Crippen LogP contribution >= 0.6 is 43.2 Å². The minimum atomic E-state index is 0.0929. The van der Waals surface area contributed by atoms with Crippen LogP contribution in [-0.4, -0.2) is 52.2 Å². The number of carbonyl (C=O) groups is 1. The van der Waals surface area contributed by atoms with Crippen molar-refractivity contribution in [2.75, 3.05) is 26.2 Å². The van der Waals surface area contributed by atoms with E-state index >= 15 is 0 Å². The van der Waals surface area contributed by atoms with Crippen LogP contribution < -0.4 is 0 Å². The van der Waals surface area contributed by atoms with E-state index in [0.29, 0.717) is 6.54 Å². The van der Waals surface area contributed by atoms with E-state index in [1.807, 2.05) is 17.9 Å². The Morgan fingerprint density at radius 1 is 1.32 bits per heavy atom. The number of halogens is 2. The van der Waals surface area contributed by atoms with Gasteiger partial charge in [-0.2, -0.15) is 0 Å². The molecule has 2 aromatic heterocycles. The molecule has 1 aliphatic rings. The molecule has 0 atom stereocenters. The number of carbonyl (C=O) groups excluding carboxylic acids is 1. The Morgan fingerprint density at radius 3 is 2.59 bits per heavy atom. The maximum absolute atomic E-state index is 12.5. The fourth-order valence-corrected chi connectivity index (χ4v) is 4.33. The van der Waals surface area contributed by atoms with Gasteiger partial charge >= 0.3 is 0 Å². The van der Waals surface area contributed by atoms with Crippen molar-refractivity contribution in [3.05, 3.63) is 30.6 Å². The molecule has 1 fully saturated rings. The van der Waals surface area contributed by atoms with E-state index < -0.39 is 0 Å². The third kappa shape index (κ3) is 3.42. The maximum atomic E-state index is 12.5. The number of amides is 1. The van der Waals surface area contributed by atoms with Crippen LogP contribution in [0.5, 0.6) is 0 Å². The van der Waals surface area contributed by atoms with E-state index in [9.17, 15) is 4.79 Å². The number of thiophene rings is 1. The van der Waals surface area contributed by atoms with Crippen LogP contribution in [0.1, 0.15) is 21.1 Å². The van der Waals surface area contributed by atoms with Crippen LogP contribution in [0.15, 0.2) is 19.0 Å². The van der Waals surface area contributed by atoms with Crippen molar-refractivity contribution in [3.8, 4) is 0 Å². The molecule has 0 unspecified atom stereocenters. The van der Waals surface area contributed by atoms with Crippen molar-refractivity contribution in [2.45, 2.75) is 13.5 Å². The fourth-order valence-electron chi connectivity index (χ4n) is 2.32. The molecule has 0 spiro atoms. The van der Waals surface area contributed by atoms with Crippen LogP contribution in [0.3, 0.4) is 0 Å². The molecule has 9 heteroatoms. The first kappa shape index (κ1) is 16.1. The van der Waals surface area contributed by atoms with Crippen molar-refractivity contribution in [2.24, 2.45) is 0 Å². The van der Waals surface area contributed by atoms with Crippen LogP contribution in [0.25, 0.3) is 0 Å². The summed E-state index contributed by atoms with van der Waals surface area (Å²) < 4.78 is 6.59. The lowest BCUT2D eigenvalue weighted by Gasteiger charge is -2.34. The molecule has 118 valence electrons. The highest BCUT2D eigenvalue weighted by Gasteiger charge is 2.24. The number of rotatable bonds is 3. The number of hydrogen-bond acceptors (Lipinski definition) is 6. The van der Waals surface area contributed by atoms with Crippen molar-refractivity contribution in [1.82, 2.24) is 20.1 Å². The van der Waals surface area contributed by atoms with Crippen molar-refractivity contribution in [3.63, 3.8) is 0 Å². The Balaban J connectivity index is 1.57. The second-order valence-corrected chi connectivity index (χ2v) is 8.32. The van der Waals surface area contributed by atoms with Crippen LogP contribution in [0.2, 0.25) is 0 Å². The predicted molar refractivity (Wildman–Crippen MR) is 89.9 cm³/mol. The SMILES string of the molecule is Cc1nonc1CN1CCN(C(=O)c2cc(Br)c(Br)s2)CC1. The minimum Gasteiger partial charge on any atom is -0.335 e. The molecular formula is C13H14Br2N4O2S. The number of nitrogens with zero attached hydrogens (tertiary/aromatic N) is 4. The van der Waals surface area contributed by atoms with Gasteiger partial charge in [0, 0.05) is 37.2 Å². The third-order valence-corrected chi connectivity index (χ3v) is 6.88. The number of hydrogen-bond donors (Lipinski definition) is 0. The lowest BCUT2D eigenvalue weighted by Crippen LogP contribution is -2.48. The Labute approximate surface area is 148 Å². The smallest absolute Gasteiger partial charge is 0.264 e. The summed E-state index contributed by atoms with van der Waals surface area (Å²) in [5.41, 5.74) is 1.69. The minimum absolute atomic E-state index is 0.0929. The molecule has 0 radical (unpaired) electrons. The largest absolute Gasteiger partial charge is 0.335 e. The average Bonchev–Trinajstić information content (AvgIpc) is 3.06. The first-order chi connectivity index (χ1) is 10.5.